The number of carboxylic acids is 1. The zero-order valence-electron chi connectivity index (χ0n) is 10.5. The number of sulfonamides is 1. The lowest BCUT2D eigenvalue weighted by Crippen LogP contribution is -2.16. The number of benzene rings is 1. The normalized spacial score (nSPS) is 10.6. The van der Waals surface area contributed by atoms with Gasteiger partial charge in [0.1, 0.15) is 0 Å². The highest BCUT2D eigenvalue weighted by atomic mass is 32.2. The zero-order valence-corrected chi connectivity index (χ0v) is 11.3. The number of carboxylic acid groups (broad SMARTS) is 1. The molecule has 0 spiro atoms. The van der Waals surface area contributed by atoms with Crippen LogP contribution < -0.4 is 4.72 Å². The highest BCUT2D eigenvalue weighted by Crippen LogP contribution is 2.19. The van der Waals surface area contributed by atoms with Gasteiger partial charge in [0.25, 0.3) is 10.0 Å². The van der Waals surface area contributed by atoms with Gasteiger partial charge in [0.05, 0.1) is 34.0 Å². The van der Waals surface area contributed by atoms with Crippen LogP contribution in [0.1, 0.15) is 15.9 Å². The van der Waals surface area contributed by atoms with Crippen LogP contribution in [0.2, 0.25) is 0 Å². The van der Waals surface area contributed by atoms with Gasteiger partial charge in [-0.1, -0.05) is 6.07 Å². The maximum absolute atomic E-state index is 12.2. The molecule has 0 fully saturated rings. The summed E-state index contributed by atoms with van der Waals surface area (Å²) in [6.45, 7) is 0. The van der Waals surface area contributed by atoms with Crippen molar-refractivity contribution in [3.8, 4) is 6.07 Å². The van der Waals surface area contributed by atoms with Crippen LogP contribution in [0.3, 0.4) is 0 Å². The fraction of sp³-hybridized carbons (Fsp3) is 0. The lowest BCUT2D eigenvalue weighted by molar-refractivity contribution is 0.0698. The van der Waals surface area contributed by atoms with E-state index in [-0.39, 0.29) is 21.7 Å². The minimum absolute atomic E-state index is 0.137. The molecular weight excluding hydrogens is 294 g/mol. The Hall–Kier alpha value is -2.92. The fourth-order valence-corrected chi connectivity index (χ4v) is 2.71. The summed E-state index contributed by atoms with van der Waals surface area (Å²) < 4.78 is 26.6. The van der Waals surface area contributed by atoms with E-state index in [1.54, 1.807) is 0 Å². The molecule has 2 aromatic rings. The quantitative estimate of drug-likeness (QED) is 0.882. The van der Waals surface area contributed by atoms with Crippen LogP contribution in [0.5, 0.6) is 0 Å². The maximum Gasteiger partial charge on any atom is 0.337 e. The molecule has 0 saturated carbocycles. The standard InChI is InChI=1S/C13H9N3O4S/c14-7-9-2-1-3-10(6-9)21(19,20)16-12-8-15-5-4-11(12)13(17)18/h1-6,8,16H,(H,17,18). The van der Waals surface area contributed by atoms with Gasteiger partial charge >= 0.3 is 5.97 Å². The Bertz CT molecular complexity index is 840. The van der Waals surface area contributed by atoms with Crippen LogP contribution in [0.4, 0.5) is 5.69 Å². The summed E-state index contributed by atoms with van der Waals surface area (Å²) in [5.41, 5.74) is -0.181. The van der Waals surface area contributed by atoms with Crippen molar-refractivity contribution in [2.24, 2.45) is 0 Å². The molecule has 0 aliphatic rings. The van der Waals surface area contributed by atoms with Gasteiger partial charge in [-0.15, -0.1) is 0 Å². The molecule has 21 heavy (non-hydrogen) atoms. The summed E-state index contributed by atoms with van der Waals surface area (Å²) in [7, 11) is -4.01. The molecule has 2 N–H and O–H groups in total. The summed E-state index contributed by atoms with van der Waals surface area (Å²) in [5, 5.41) is 17.8. The number of carbonyl (C=O) groups is 1. The summed E-state index contributed by atoms with van der Waals surface area (Å²) in [6.07, 6.45) is 2.35. The second-order valence-electron chi connectivity index (χ2n) is 3.97. The number of nitriles is 1. The Kier molecular flexibility index (Phi) is 3.86. The van der Waals surface area contributed by atoms with E-state index in [0.717, 1.165) is 6.20 Å². The molecule has 0 radical (unpaired) electrons. The van der Waals surface area contributed by atoms with E-state index >= 15 is 0 Å². The van der Waals surface area contributed by atoms with Gasteiger partial charge in [-0.25, -0.2) is 13.2 Å². The minimum atomic E-state index is -4.01. The molecule has 0 bridgehead atoms. The SMILES string of the molecule is N#Cc1cccc(S(=O)(=O)Nc2cnccc2C(=O)O)c1. The van der Waals surface area contributed by atoms with Gasteiger partial charge in [-0.2, -0.15) is 5.26 Å². The first-order valence-corrected chi connectivity index (χ1v) is 7.12. The molecule has 7 nitrogen and oxygen atoms in total. The maximum atomic E-state index is 12.2. The topological polar surface area (TPSA) is 120 Å². The molecule has 0 aliphatic heterocycles. The Morgan fingerprint density at radius 2 is 2.10 bits per heavy atom. The number of aromatic nitrogens is 1. The largest absolute Gasteiger partial charge is 0.478 e. The Morgan fingerprint density at radius 1 is 1.33 bits per heavy atom. The lowest BCUT2D eigenvalue weighted by atomic mass is 10.2. The molecule has 1 aromatic heterocycles. The zero-order chi connectivity index (χ0) is 15.5. The Labute approximate surface area is 120 Å². The van der Waals surface area contributed by atoms with Crippen molar-refractivity contribution in [3.63, 3.8) is 0 Å². The fourth-order valence-electron chi connectivity index (χ4n) is 1.60. The second kappa shape index (κ2) is 5.60. The van der Waals surface area contributed by atoms with Crippen molar-refractivity contribution in [2.75, 3.05) is 4.72 Å². The molecule has 0 saturated heterocycles. The summed E-state index contributed by atoms with van der Waals surface area (Å²) >= 11 is 0. The highest BCUT2D eigenvalue weighted by Gasteiger charge is 2.18. The molecule has 2 rings (SSSR count). The van der Waals surface area contributed by atoms with Gasteiger partial charge in [0.2, 0.25) is 0 Å². The van der Waals surface area contributed by atoms with E-state index in [0.29, 0.717) is 0 Å². The molecular formula is C13H9N3O4S. The van der Waals surface area contributed by atoms with Gasteiger partial charge in [0, 0.05) is 6.20 Å². The van der Waals surface area contributed by atoms with Crippen LogP contribution in [0, 0.1) is 11.3 Å². The molecule has 0 amide bonds. The van der Waals surface area contributed by atoms with E-state index in [4.69, 9.17) is 10.4 Å². The number of hydrogen-bond acceptors (Lipinski definition) is 5. The van der Waals surface area contributed by atoms with Gasteiger partial charge in [0.15, 0.2) is 0 Å². The van der Waals surface area contributed by atoms with Crippen molar-refractivity contribution in [1.82, 2.24) is 4.98 Å². The Morgan fingerprint density at radius 3 is 2.76 bits per heavy atom. The first-order valence-electron chi connectivity index (χ1n) is 5.64. The third-order valence-electron chi connectivity index (χ3n) is 2.57. The third-order valence-corrected chi connectivity index (χ3v) is 3.93. The molecule has 1 aromatic carbocycles. The van der Waals surface area contributed by atoms with Gasteiger partial charge in [-0.3, -0.25) is 9.71 Å². The molecule has 106 valence electrons. The minimum Gasteiger partial charge on any atom is -0.478 e. The average Bonchev–Trinajstić information content (AvgIpc) is 2.47. The summed E-state index contributed by atoms with van der Waals surface area (Å²) in [5.74, 6) is -1.28. The predicted molar refractivity (Wildman–Crippen MR) is 73.2 cm³/mol. The summed E-state index contributed by atoms with van der Waals surface area (Å²) in [4.78, 5) is 14.6. The third kappa shape index (κ3) is 3.16. The van der Waals surface area contributed by atoms with Gasteiger partial charge in [-0.05, 0) is 24.3 Å². The van der Waals surface area contributed by atoms with Crippen LogP contribution in [0.25, 0.3) is 0 Å². The average molecular weight is 303 g/mol. The molecule has 1 heterocycles. The Balaban J connectivity index is 2.43. The van der Waals surface area contributed by atoms with E-state index in [9.17, 15) is 13.2 Å². The van der Waals surface area contributed by atoms with Crippen LogP contribution in [0.15, 0.2) is 47.6 Å². The first kappa shape index (κ1) is 14.5. The van der Waals surface area contributed by atoms with E-state index in [1.165, 1.54) is 36.5 Å². The number of aromatic carboxylic acids is 1. The number of nitrogens with zero attached hydrogens (tertiary/aromatic N) is 2. The van der Waals surface area contributed by atoms with Gasteiger partial charge < -0.3 is 5.11 Å². The van der Waals surface area contributed by atoms with Crippen molar-refractivity contribution >= 4 is 21.7 Å². The lowest BCUT2D eigenvalue weighted by Gasteiger charge is -2.10. The van der Waals surface area contributed by atoms with Crippen LogP contribution in [-0.2, 0) is 10.0 Å². The van der Waals surface area contributed by atoms with E-state index in [2.05, 4.69) is 9.71 Å². The number of anilines is 1. The van der Waals surface area contributed by atoms with Crippen LogP contribution in [-0.4, -0.2) is 24.5 Å². The number of pyridine rings is 1. The molecule has 0 unspecified atom stereocenters. The van der Waals surface area contributed by atoms with Crippen molar-refractivity contribution in [3.05, 3.63) is 53.9 Å². The monoisotopic (exact) mass is 303 g/mol. The van der Waals surface area contributed by atoms with E-state index in [1.807, 2.05) is 6.07 Å². The van der Waals surface area contributed by atoms with E-state index < -0.39 is 16.0 Å². The number of hydrogen-bond donors (Lipinski definition) is 2. The van der Waals surface area contributed by atoms with Crippen molar-refractivity contribution in [2.45, 2.75) is 4.90 Å². The highest BCUT2D eigenvalue weighted by molar-refractivity contribution is 7.92. The predicted octanol–water partition coefficient (Wildman–Crippen LogP) is 1.45. The van der Waals surface area contributed by atoms with Crippen molar-refractivity contribution in [1.29, 1.82) is 5.26 Å². The number of nitrogens with one attached hydrogen (secondary N) is 1. The molecule has 0 aliphatic carbocycles. The second-order valence-corrected chi connectivity index (χ2v) is 5.65. The first-order chi connectivity index (χ1) is 9.94. The smallest absolute Gasteiger partial charge is 0.337 e. The molecule has 0 atom stereocenters. The van der Waals surface area contributed by atoms with Crippen LogP contribution >= 0.6 is 0 Å². The molecule has 8 heteroatoms. The number of rotatable bonds is 4. The summed E-state index contributed by atoms with van der Waals surface area (Å²) in [6, 6.07) is 8.41. The van der Waals surface area contributed by atoms with Crippen molar-refractivity contribution < 1.29 is 18.3 Å².